The second-order valence-corrected chi connectivity index (χ2v) is 6.58. The molecule has 2 rings (SSSR count). The Hall–Kier alpha value is -0.840. The van der Waals surface area contributed by atoms with E-state index in [1.807, 2.05) is 31.2 Å². The molecule has 0 spiro atoms. The number of hydrogen-bond acceptors (Lipinski definition) is 1. The van der Waals surface area contributed by atoms with E-state index in [2.05, 4.69) is 37.2 Å². The van der Waals surface area contributed by atoms with E-state index in [4.69, 9.17) is 11.6 Å². The van der Waals surface area contributed by atoms with Gasteiger partial charge in [0.05, 0.1) is 11.6 Å². The average molecular weight is 418 g/mol. The van der Waals surface area contributed by atoms with E-state index in [0.29, 0.717) is 15.1 Å². The van der Waals surface area contributed by atoms with Crippen molar-refractivity contribution in [1.29, 1.82) is 0 Å². The number of hydrogen-bond donors (Lipinski definition) is 1. The van der Waals surface area contributed by atoms with Crippen LogP contribution in [0.3, 0.4) is 0 Å². The zero-order valence-electron chi connectivity index (χ0n) is 10.7. The van der Waals surface area contributed by atoms with Crippen molar-refractivity contribution in [3.63, 3.8) is 0 Å². The highest BCUT2D eigenvalue weighted by Gasteiger charge is 2.14. The van der Waals surface area contributed by atoms with Gasteiger partial charge in [-0.05, 0) is 58.7 Å². The van der Waals surface area contributed by atoms with Crippen LogP contribution in [0.25, 0.3) is 0 Å². The normalized spacial score (nSPS) is 12.0. The molecule has 2 nitrogen and oxygen atoms in total. The van der Waals surface area contributed by atoms with E-state index >= 15 is 0 Å². The van der Waals surface area contributed by atoms with Gasteiger partial charge in [-0.15, -0.1) is 0 Å². The maximum absolute atomic E-state index is 12.2. The highest BCUT2D eigenvalue weighted by molar-refractivity contribution is 9.10. The van der Waals surface area contributed by atoms with E-state index in [-0.39, 0.29) is 11.9 Å². The smallest absolute Gasteiger partial charge is 0.252 e. The number of halogens is 3. The molecular weight excluding hydrogens is 405 g/mol. The molecule has 2 aromatic carbocycles. The van der Waals surface area contributed by atoms with Crippen molar-refractivity contribution in [2.24, 2.45) is 0 Å². The van der Waals surface area contributed by atoms with Crippen molar-refractivity contribution in [2.45, 2.75) is 13.0 Å². The van der Waals surface area contributed by atoms with Crippen molar-refractivity contribution in [1.82, 2.24) is 5.32 Å². The third-order valence-electron chi connectivity index (χ3n) is 2.87. The molecule has 20 heavy (non-hydrogen) atoms. The van der Waals surface area contributed by atoms with Crippen LogP contribution in [-0.4, -0.2) is 5.91 Å². The van der Waals surface area contributed by atoms with E-state index < -0.39 is 0 Å². The predicted octanol–water partition coefficient (Wildman–Crippen LogP) is 5.36. The van der Waals surface area contributed by atoms with Gasteiger partial charge in [0.15, 0.2) is 0 Å². The van der Waals surface area contributed by atoms with Crippen LogP contribution in [0.1, 0.15) is 28.9 Å². The fraction of sp³-hybridized carbons (Fsp3) is 0.133. The zero-order chi connectivity index (χ0) is 14.7. The third kappa shape index (κ3) is 3.84. The number of carbonyl (C=O) groups is 1. The van der Waals surface area contributed by atoms with Gasteiger partial charge in [-0.3, -0.25) is 4.79 Å². The first-order chi connectivity index (χ1) is 9.47. The van der Waals surface area contributed by atoms with Crippen LogP contribution in [-0.2, 0) is 0 Å². The minimum atomic E-state index is -0.138. The first-order valence-corrected chi connectivity index (χ1v) is 7.95. The molecule has 1 atom stereocenters. The van der Waals surface area contributed by atoms with Crippen molar-refractivity contribution in [3.05, 3.63) is 67.6 Å². The van der Waals surface area contributed by atoms with Gasteiger partial charge in [-0.2, -0.15) is 0 Å². The summed E-state index contributed by atoms with van der Waals surface area (Å²) in [4.78, 5) is 12.2. The van der Waals surface area contributed by atoms with E-state index in [1.54, 1.807) is 18.2 Å². The van der Waals surface area contributed by atoms with Crippen LogP contribution >= 0.6 is 43.5 Å². The molecule has 0 radical (unpaired) electrons. The fourth-order valence-electron chi connectivity index (χ4n) is 1.81. The lowest BCUT2D eigenvalue weighted by atomic mass is 10.1. The Bertz CT molecular complexity index is 646. The van der Waals surface area contributed by atoms with Gasteiger partial charge in [0.25, 0.3) is 5.91 Å². The van der Waals surface area contributed by atoms with Gasteiger partial charge in [0, 0.05) is 14.0 Å². The maximum atomic E-state index is 12.2. The molecule has 0 aliphatic heterocycles. The molecule has 0 fully saturated rings. The second kappa shape index (κ2) is 6.74. The average Bonchev–Trinajstić information content (AvgIpc) is 2.38. The first-order valence-electron chi connectivity index (χ1n) is 5.99. The van der Waals surface area contributed by atoms with Gasteiger partial charge in [-0.25, -0.2) is 0 Å². The summed E-state index contributed by atoms with van der Waals surface area (Å²) in [6.07, 6.45) is 0. The van der Waals surface area contributed by atoms with Crippen molar-refractivity contribution < 1.29 is 4.79 Å². The van der Waals surface area contributed by atoms with Gasteiger partial charge < -0.3 is 5.32 Å². The molecule has 1 N–H and O–H groups in total. The monoisotopic (exact) mass is 415 g/mol. The van der Waals surface area contributed by atoms with Gasteiger partial charge >= 0.3 is 0 Å². The number of rotatable bonds is 3. The molecule has 0 aliphatic rings. The highest BCUT2D eigenvalue weighted by atomic mass is 79.9. The Morgan fingerprint density at radius 3 is 2.60 bits per heavy atom. The molecule has 1 amide bonds. The van der Waals surface area contributed by atoms with Crippen molar-refractivity contribution >= 4 is 49.4 Å². The molecular formula is C15H12Br2ClNO. The molecule has 104 valence electrons. The Morgan fingerprint density at radius 1 is 1.20 bits per heavy atom. The van der Waals surface area contributed by atoms with Crippen LogP contribution in [0.5, 0.6) is 0 Å². The van der Waals surface area contributed by atoms with Gasteiger partial charge in [0.2, 0.25) is 0 Å². The molecule has 0 bridgehead atoms. The molecule has 0 aromatic heterocycles. The SMILES string of the molecule is CC(NC(=O)c1ccc(Cl)cc1Br)c1cccc(Br)c1. The lowest BCUT2D eigenvalue weighted by Gasteiger charge is -2.15. The Balaban J connectivity index is 2.15. The summed E-state index contributed by atoms with van der Waals surface area (Å²) in [5, 5.41) is 3.56. The number of amides is 1. The third-order valence-corrected chi connectivity index (χ3v) is 4.26. The quantitative estimate of drug-likeness (QED) is 0.716. The number of carbonyl (C=O) groups excluding carboxylic acids is 1. The second-order valence-electron chi connectivity index (χ2n) is 4.37. The van der Waals surface area contributed by atoms with Gasteiger partial charge in [0.1, 0.15) is 0 Å². The molecule has 0 aliphatic carbocycles. The summed E-state index contributed by atoms with van der Waals surface area (Å²) >= 11 is 12.7. The summed E-state index contributed by atoms with van der Waals surface area (Å²) in [5.74, 6) is -0.138. The Labute approximate surface area is 139 Å². The summed E-state index contributed by atoms with van der Waals surface area (Å²) in [6, 6.07) is 12.9. The van der Waals surface area contributed by atoms with Crippen LogP contribution in [0, 0.1) is 0 Å². The highest BCUT2D eigenvalue weighted by Crippen LogP contribution is 2.23. The lowest BCUT2D eigenvalue weighted by Crippen LogP contribution is -2.26. The summed E-state index contributed by atoms with van der Waals surface area (Å²) in [5.41, 5.74) is 1.61. The number of benzene rings is 2. The van der Waals surface area contributed by atoms with Gasteiger partial charge in [-0.1, -0.05) is 39.7 Å². The largest absolute Gasteiger partial charge is 0.345 e. The standard InChI is InChI=1S/C15H12Br2ClNO/c1-9(10-3-2-4-11(16)7-10)19-15(20)13-6-5-12(18)8-14(13)17/h2-9H,1H3,(H,19,20). The molecule has 2 aromatic rings. The minimum absolute atomic E-state index is 0.0809. The number of nitrogens with one attached hydrogen (secondary N) is 1. The zero-order valence-corrected chi connectivity index (χ0v) is 14.6. The Kier molecular flexibility index (Phi) is 5.24. The summed E-state index contributed by atoms with van der Waals surface area (Å²) in [6.45, 7) is 1.95. The van der Waals surface area contributed by atoms with E-state index in [9.17, 15) is 4.79 Å². The molecule has 1 unspecified atom stereocenters. The maximum Gasteiger partial charge on any atom is 0.252 e. The summed E-state index contributed by atoms with van der Waals surface area (Å²) in [7, 11) is 0. The molecule has 0 heterocycles. The van der Waals surface area contributed by atoms with Crippen LogP contribution in [0.2, 0.25) is 5.02 Å². The summed E-state index contributed by atoms with van der Waals surface area (Å²) < 4.78 is 1.67. The van der Waals surface area contributed by atoms with Crippen LogP contribution in [0.4, 0.5) is 0 Å². The van der Waals surface area contributed by atoms with E-state index in [0.717, 1.165) is 10.0 Å². The first kappa shape index (κ1) is 15.5. The topological polar surface area (TPSA) is 29.1 Å². The van der Waals surface area contributed by atoms with Crippen molar-refractivity contribution in [3.8, 4) is 0 Å². The van der Waals surface area contributed by atoms with Crippen LogP contribution < -0.4 is 5.32 Å². The van der Waals surface area contributed by atoms with Crippen LogP contribution in [0.15, 0.2) is 51.4 Å². The molecule has 5 heteroatoms. The molecule has 0 saturated heterocycles. The van der Waals surface area contributed by atoms with E-state index in [1.165, 1.54) is 0 Å². The fourth-order valence-corrected chi connectivity index (χ4v) is 3.09. The molecule has 0 saturated carbocycles. The minimum Gasteiger partial charge on any atom is -0.345 e. The Morgan fingerprint density at radius 2 is 1.95 bits per heavy atom. The predicted molar refractivity (Wildman–Crippen MR) is 89.2 cm³/mol. The van der Waals surface area contributed by atoms with Crippen molar-refractivity contribution in [2.75, 3.05) is 0 Å². The lowest BCUT2D eigenvalue weighted by molar-refractivity contribution is 0.0939.